The van der Waals surface area contributed by atoms with Crippen LogP contribution in [0.1, 0.15) is 29.5 Å². The first kappa shape index (κ1) is 11.1. The first-order chi connectivity index (χ1) is 6.65. The highest BCUT2D eigenvalue weighted by Crippen LogP contribution is 2.08. The molecule has 0 radical (unpaired) electrons. The number of amides is 1. The first-order valence-corrected chi connectivity index (χ1v) is 5.09. The number of rotatable bonds is 4. The van der Waals surface area contributed by atoms with E-state index in [1.165, 1.54) is 6.26 Å². The molecule has 1 N–H and O–H groups in total. The van der Waals surface area contributed by atoms with Gasteiger partial charge >= 0.3 is 0 Å². The summed E-state index contributed by atoms with van der Waals surface area (Å²) in [5.41, 5.74) is 0.848. The van der Waals surface area contributed by atoms with Gasteiger partial charge in [-0.05, 0) is 26.3 Å². The molecule has 0 bridgehead atoms. The zero-order valence-electron chi connectivity index (χ0n) is 8.34. The summed E-state index contributed by atoms with van der Waals surface area (Å²) in [6.45, 7) is 3.75. The highest BCUT2D eigenvalue weighted by molar-refractivity contribution is 6.17. The van der Waals surface area contributed by atoms with E-state index in [1.54, 1.807) is 6.07 Å². The summed E-state index contributed by atoms with van der Waals surface area (Å²) < 4.78 is 5.06. The van der Waals surface area contributed by atoms with Gasteiger partial charge in [-0.2, -0.15) is 0 Å². The van der Waals surface area contributed by atoms with Gasteiger partial charge in [-0.15, -0.1) is 11.6 Å². The molecular weight excluding hydrogens is 202 g/mol. The summed E-state index contributed by atoms with van der Waals surface area (Å²) in [6.07, 6.45) is 2.27. The smallest absolute Gasteiger partial charge is 0.287 e. The average molecular weight is 216 g/mol. The molecule has 0 aliphatic rings. The van der Waals surface area contributed by atoms with Crippen LogP contribution in [0.2, 0.25) is 0 Å². The van der Waals surface area contributed by atoms with Gasteiger partial charge in [-0.1, -0.05) is 0 Å². The minimum atomic E-state index is -0.176. The Bertz CT molecular complexity index is 309. The minimum absolute atomic E-state index is 0.0736. The fourth-order valence-electron chi connectivity index (χ4n) is 1.13. The van der Waals surface area contributed by atoms with Gasteiger partial charge < -0.3 is 9.73 Å². The molecular formula is C10H14ClNO2. The summed E-state index contributed by atoms with van der Waals surface area (Å²) in [5, 5.41) is 2.81. The van der Waals surface area contributed by atoms with Crippen LogP contribution in [0.4, 0.5) is 0 Å². The van der Waals surface area contributed by atoms with Gasteiger partial charge in [0.1, 0.15) is 0 Å². The number of nitrogens with one attached hydrogen (secondary N) is 1. The summed E-state index contributed by atoms with van der Waals surface area (Å²) in [5.74, 6) is 0.745. The van der Waals surface area contributed by atoms with Crippen LogP contribution in [0.5, 0.6) is 0 Å². The number of furan rings is 1. The molecule has 1 amide bonds. The Labute approximate surface area is 88.4 Å². The van der Waals surface area contributed by atoms with E-state index in [0.717, 1.165) is 12.0 Å². The maximum Gasteiger partial charge on any atom is 0.287 e. The molecule has 0 fully saturated rings. The largest absolute Gasteiger partial charge is 0.459 e. The second-order valence-corrected chi connectivity index (χ2v) is 3.66. The molecule has 0 saturated heterocycles. The molecule has 0 spiro atoms. The van der Waals surface area contributed by atoms with Gasteiger partial charge in [0, 0.05) is 17.5 Å². The van der Waals surface area contributed by atoms with Crippen LogP contribution in [0, 0.1) is 6.92 Å². The lowest BCUT2D eigenvalue weighted by molar-refractivity contribution is 0.0910. The van der Waals surface area contributed by atoms with E-state index in [4.69, 9.17) is 16.0 Å². The van der Waals surface area contributed by atoms with Gasteiger partial charge in [-0.25, -0.2) is 0 Å². The fourth-order valence-corrected chi connectivity index (χ4v) is 1.46. The van der Waals surface area contributed by atoms with E-state index in [1.807, 2.05) is 13.8 Å². The Morgan fingerprint density at radius 3 is 2.93 bits per heavy atom. The lowest BCUT2D eigenvalue weighted by atomic mass is 10.2. The maximum absolute atomic E-state index is 11.6. The summed E-state index contributed by atoms with van der Waals surface area (Å²) >= 11 is 5.56. The Morgan fingerprint density at radius 1 is 1.71 bits per heavy atom. The highest BCUT2D eigenvalue weighted by Gasteiger charge is 2.14. The third-order valence-electron chi connectivity index (χ3n) is 1.99. The van der Waals surface area contributed by atoms with Crippen LogP contribution in [0.3, 0.4) is 0 Å². The lowest BCUT2D eigenvalue weighted by Gasteiger charge is -2.10. The van der Waals surface area contributed by atoms with Crippen molar-refractivity contribution in [3.05, 3.63) is 23.7 Å². The van der Waals surface area contributed by atoms with E-state index < -0.39 is 0 Å². The average Bonchev–Trinajstić information content (AvgIpc) is 2.51. The Balaban J connectivity index is 2.55. The van der Waals surface area contributed by atoms with Crippen LogP contribution in [0.15, 0.2) is 16.7 Å². The van der Waals surface area contributed by atoms with Crippen molar-refractivity contribution in [1.29, 1.82) is 0 Å². The summed E-state index contributed by atoms with van der Waals surface area (Å²) in [7, 11) is 0. The fraction of sp³-hybridized carbons (Fsp3) is 0.500. The molecule has 0 aliphatic heterocycles. The van der Waals surface area contributed by atoms with Crippen LogP contribution in [0.25, 0.3) is 0 Å². The van der Waals surface area contributed by atoms with Gasteiger partial charge in [0.05, 0.1) is 6.26 Å². The SMILES string of the molecule is Cc1ccoc1C(=O)NC(C)CCCl. The number of halogens is 1. The predicted molar refractivity (Wildman–Crippen MR) is 55.7 cm³/mol. The van der Waals surface area contributed by atoms with Crippen LogP contribution >= 0.6 is 11.6 Å². The van der Waals surface area contributed by atoms with Crippen molar-refractivity contribution < 1.29 is 9.21 Å². The lowest BCUT2D eigenvalue weighted by Crippen LogP contribution is -2.32. The molecule has 3 nitrogen and oxygen atoms in total. The van der Waals surface area contributed by atoms with Crippen molar-refractivity contribution in [2.75, 3.05) is 5.88 Å². The van der Waals surface area contributed by atoms with E-state index in [9.17, 15) is 4.79 Å². The van der Waals surface area contributed by atoms with Crippen molar-refractivity contribution in [3.63, 3.8) is 0 Å². The zero-order chi connectivity index (χ0) is 10.6. The third kappa shape index (κ3) is 2.77. The van der Waals surface area contributed by atoms with Crippen molar-refractivity contribution in [2.24, 2.45) is 0 Å². The molecule has 4 heteroatoms. The molecule has 1 aromatic heterocycles. The van der Waals surface area contributed by atoms with E-state index in [0.29, 0.717) is 11.6 Å². The number of hydrogen-bond acceptors (Lipinski definition) is 2. The Hall–Kier alpha value is -0.960. The standard InChI is InChI=1S/C10H14ClNO2/c1-7-4-6-14-9(7)10(13)12-8(2)3-5-11/h4,6,8H,3,5H2,1-2H3,(H,12,13). The van der Waals surface area contributed by atoms with Gasteiger partial charge in [0.25, 0.3) is 5.91 Å². The highest BCUT2D eigenvalue weighted by atomic mass is 35.5. The summed E-state index contributed by atoms with van der Waals surface area (Å²) in [4.78, 5) is 11.6. The second kappa shape index (κ2) is 5.05. The number of carbonyl (C=O) groups is 1. The van der Waals surface area contributed by atoms with Crippen LogP contribution in [-0.2, 0) is 0 Å². The van der Waals surface area contributed by atoms with Gasteiger partial charge in [0.15, 0.2) is 5.76 Å². The number of hydrogen-bond donors (Lipinski definition) is 1. The Morgan fingerprint density at radius 2 is 2.43 bits per heavy atom. The maximum atomic E-state index is 11.6. The molecule has 1 rings (SSSR count). The van der Waals surface area contributed by atoms with E-state index in [2.05, 4.69) is 5.32 Å². The third-order valence-corrected chi connectivity index (χ3v) is 2.21. The molecule has 14 heavy (non-hydrogen) atoms. The predicted octanol–water partition coefficient (Wildman–Crippen LogP) is 2.34. The molecule has 1 unspecified atom stereocenters. The number of alkyl halides is 1. The number of aryl methyl sites for hydroxylation is 1. The molecule has 0 aliphatic carbocycles. The van der Waals surface area contributed by atoms with Gasteiger partial charge in [0.2, 0.25) is 0 Å². The van der Waals surface area contributed by atoms with Crippen LogP contribution < -0.4 is 5.32 Å². The molecule has 78 valence electrons. The van der Waals surface area contributed by atoms with Crippen molar-refractivity contribution >= 4 is 17.5 Å². The first-order valence-electron chi connectivity index (χ1n) is 4.56. The monoisotopic (exact) mass is 215 g/mol. The zero-order valence-corrected chi connectivity index (χ0v) is 9.10. The normalized spacial score (nSPS) is 12.5. The summed E-state index contributed by atoms with van der Waals surface area (Å²) in [6, 6.07) is 1.84. The number of carbonyl (C=O) groups excluding carboxylic acids is 1. The molecule has 0 aromatic carbocycles. The molecule has 1 heterocycles. The van der Waals surface area contributed by atoms with Crippen molar-refractivity contribution in [1.82, 2.24) is 5.32 Å². The second-order valence-electron chi connectivity index (χ2n) is 3.28. The van der Waals surface area contributed by atoms with Crippen molar-refractivity contribution in [3.8, 4) is 0 Å². The van der Waals surface area contributed by atoms with E-state index >= 15 is 0 Å². The topological polar surface area (TPSA) is 42.2 Å². The van der Waals surface area contributed by atoms with Gasteiger partial charge in [-0.3, -0.25) is 4.79 Å². The van der Waals surface area contributed by atoms with Crippen molar-refractivity contribution in [2.45, 2.75) is 26.3 Å². The molecule has 0 saturated carbocycles. The molecule has 1 aromatic rings. The minimum Gasteiger partial charge on any atom is -0.459 e. The van der Waals surface area contributed by atoms with E-state index in [-0.39, 0.29) is 11.9 Å². The molecule has 1 atom stereocenters. The van der Waals surface area contributed by atoms with Crippen LogP contribution in [-0.4, -0.2) is 17.8 Å². The Kier molecular flexibility index (Phi) is 4.01. The quantitative estimate of drug-likeness (QED) is 0.784.